The number of pyridine rings is 1. The fourth-order valence-electron chi connectivity index (χ4n) is 3.71. The number of aromatic amines is 2. The van der Waals surface area contributed by atoms with Crippen LogP contribution < -0.4 is 5.32 Å². The third kappa shape index (κ3) is 3.53. The van der Waals surface area contributed by atoms with Crippen LogP contribution in [0.2, 0.25) is 0 Å². The molecule has 3 heterocycles. The van der Waals surface area contributed by atoms with Gasteiger partial charge in [0.15, 0.2) is 0 Å². The molecule has 0 aliphatic rings. The van der Waals surface area contributed by atoms with Crippen LogP contribution in [0.15, 0.2) is 60.9 Å². The van der Waals surface area contributed by atoms with Gasteiger partial charge in [-0.2, -0.15) is 0 Å². The molecule has 0 fully saturated rings. The van der Waals surface area contributed by atoms with E-state index in [9.17, 15) is 9.90 Å². The summed E-state index contributed by atoms with van der Waals surface area (Å²) in [6.07, 6.45) is 3.47. The van der Waals surface area contributed by atoms with Gasteiger partial charge >= 0.3 is 0 Å². The summed E-state index contributed by atoms with van der Waals surface area (Å²) in [4.78, 5) is 25.7. The van der Waals surface area contributed by atoms with Crippen LogP contribution in [0.5, 0.6) is 0 Å². The third-order valence-corrected chi connectivity index (χ3v) is 5.26. The van der Waals surface area contributed by atoms with E-state index in [2.05, 4.69) is 30.5 Å². The number of hydrogen-bond acceptors (Lipinski definition) is 5. The molecule has 0 spiro atoms. The Bertz CT molecular complexity index is 1390. The normalized spacial score (nSPS) is 12.3. The van der Waals surface area contributed by atoms with Crippen molar-refractivity contribution >= 4 is 27.8 Å². The number of benzene rings is 2. The number of fused-ring (bicyclic) bond motifs is 2. The molecule has 5 aromatic rings. The number of nitrogens with one attached hydrogen (secondary N) is 3. The van der Waals surface area contributed by atoms with Gasteiger partial charge in [0.05, 0.1) is 34.9 Å². The average molecular weight is 412 g/mol. The predicted octanol–water partition coefficient (Wildman–Crippen LogP) is 3.27. The topological polar surface area (TPSA) is 120 Å². The van der Waals surface area contributed by atoms with Crippen LogP contribution in [0, 0.1) is 6.92 Å². The van der Waals surface area contributed by atoms with E-state index in [4.69, 9.17) is 0 Å². The van der Waals surface area contributed by atoms with E-state index in [-0.39, 0.29) is 12.4 Å². The molecule has 5 rings (SSSR count). The maximum Gasteiger partial charge on any atom is 0.289 e. The van der Waals surface area contributed by atoms with E-state index in [1.54, 1.807) is 12.4 Å². The van der Waals surface area contributed by atoms with Crippen LogP contribution in [0.25, 0.3) is 33.2 Å². The zero-order valence-corrected chi connectivity index (χ0v) is 16.8. The highest BCUT2D eigenvalue weighted by molar-refractivity contribution is 6.02. The number of aliphatic hydroxyl groups excluding tert-OH is 1. The Morgan fingerprint density at radius 1 is 1.06 bits per heavy atom. The maximum atomic E-state index is 12.8. The lowest BCUT2D eigenvalue weighted by molar-refractivity contribution is 0.0907. The average Bonchev–Trinajstić information content (AvgIpc) is 3.39. The lowest BCUT2D eigenvalue weighted by Gasteiger charge is -2.16. The monoisotopic (exact) mass is 412 g/mol. The predicted molar refractivity (Wildman–Crippen MR) is 117 cm³/mol. The van der Waals surface area contributed by atoms with Crippen molar-refractivity contribution in [3.8, 4) is 11.3 Å². The molecule has 0 bridgehead atoms. The van der Waals surface area contributed by atoms with Crippen LogP contribution in [-0.4, -0.2) is 42.8 Å². The van der Waals surface area contributed by atoms with Gasteiger partial charge in [-0.05, 0) is 36.8 Å². The fourth-order valence-corrected chi connectivity index (χ4v) is 3.71. The summed E-state index contributed by atoms with van der Waals surface area (Å²) < 4.78 is 0. The Morgan fingerprint density at radius 2 is 1.84 bits per heavy atom. The quantitative estimate of drug-likeness (QED) is 0.353. The van der Waals surface area contributed by atoms with Crippen molar-refractivity contribution in [1.29, 1.82) is 0 Å². The Labute approximate surface area is 177 Å². The Morgan fingerprint density at radius 3 is 2.58 bits per heavy atom. The molecule has 1 unspecified atom stereocenters. The number of imidazole rings is 1. The highest BCUT2D eigenvalue weighted by Crippen LogP contribution is 2.29. The number of rotatable bonds is 5. The molecular weight excluding hydrogens is 392 g/mol. The Hall–Kier alpha value is -4.04. The number of H-pyrrole nitrogens is 2. The van der Waals surface area contributed by atoms with Crippen molar-refractivity contribution in [3.05, 3.63) is 77.9 Å². The Kier molecular flexibility index (Phi) is 4.68. The fraction of sp³-hybridized carbons (Fsp3) is 0.130. The summed E-state index contributed by atoms with van der Waals surface area (Å²) in [5.41, 5.74) is 5.88. The van der Waals surface area contributed by atoms with E-state index in [0.717, 1.165) is 33.3 Å². The SMILES string of the molecule is Cc1cccc(C(CO)NC(=O)c2nc3cc4[nH][nH]c(-c5ccncc5)c4cc3n2)c1. The molecule has 0 saturated carbocycles. The van der Waals surface area contributed by atoms with E-state index < -0.39 is 11.9 Å². The minimum Gasteiger partial charge on any atom is -0.394 e. The maximum absolute atomic E-state index is 12.8. The number of hydrogen-bond donors (Lipinski definition) is 4. The van der Waals surface area contributed by atoms with E-state index >= 15 is 0 Å². The van der Waals surface area contributed by atoms with Crippen molar-refractivity contribution in [2.45, 2.75) is 13.0 Å². The molecule has 2 aromatic carbocycles. The van der Waals surface area contributed by atoms with Gasteiger partial charge in [0.2, 0.25) is 5.82 Å². The molecule has 8 nitrogen and oxygen atoms in total. The zero-order chi connectivity index (χ0) is 21.4. The van der Waals surface area contributed by atoms with Crippen LogP contribution in [0.4, 0.5) is 0 Å². The van der Waals surface area contributed by atoms with Gasteiger partial charge in [0.1, 0.15) is 0 Å². The van der Waals surface area contributed by atoms with Crippen LogP contribution >= 0.6 is 0 Å². The molecule has 3 aromatic heterocycles. The van der Waals surface area contributed by atoms with Gasteiger partial charge in [-0.25, -0.2) is 9.97 Å². The van der Waals surface area contributed by atoms with Gasteiger partial charge in [-0.15, -0.1) is 0 Å². The number of nitrogens with zero attached hydrogens (tertiary/aromatic N) is 3. The third-order valence-electron chi connectivity index (χ3n) is 5.26. The van der Waals surface area contributed by atoms with Crippen molar-refractivity contribution in [3.63, 3.8) is 0 Å². The smallest absolute Gasteiger partial charge is 0.289 e. The second kappa shape index (κ2) is 7.66. The summed E-state index contributed by atoms with van der Waals surface area (Å²) in [5, 5.41) is 19.9. The van der Waals surface area contributed by atoms with E-state index in [0.29, 0.717) is 11.0 Å². The number of aliphatic hydroxyl groups is 1. The van der Waals surface area contributed by atoms with Gasteiger partial charge < -0.3 is 15.5 Å². The molecule has 1 amide bonds. The molecular formula is C23H20N6O2. The minimum absolute atomic E-state index is 0.0724. The van der Waals surface area contributed by atoms with Gasteiger partial charge in [-0.1, -0.05) is 29.8 Å². The molecule has 0 saturated heterocycles. The van der Waals surface area contributed by atoms with Gasteiger partial charge in [0, 0.05) is 23.3 Å². The number of aromatic nitrogens is 5. The molecule has 154 valence electrons. The lowest BCUT2D eigenvalue weighted by Crippen LogP contribution is -2.31. The number of amides is 1. The standard InChI is InChI=1S/C23H20N6O2/c1-13-3-2-4-15(9-13)20(12-30)27-23(31)22-25-18-10-16-17(11-19(18)26-22)28-29-21(16)14-5-7-24-8-6-14/h2-11,20,28-30H,12H2,1H3,(H,27,31). The van der Waals surface area contributed by atoms with E-state index in [1.807, 2.05) is 55.5 Å². The lowest BCUT2D eigenvalue weighted by atomic mass is 10.1. The number of carbonyl (C=O) groups excluding carboxylic acids is 1. The molecule has 31 heavy (non-hydrogen) atoms. The first-order valence-corrected chi connectivity index (χ1v) is 9.89. The van der Waals surface area contributed by atoms with Gasteiger partial charge in [-0.3, -0.25) is 14.9 Å². The summed E-state index contributed by atoms with van der Waals surface area (Å²) in [6.45, 7) is 1.75. The first-order valence-electron chi connectivity index (χ1n) is 9.89. The molecule has 4 N–H and O–H groups in total. The highest BCUT2D eigenvalue weighted by atomic mass is 16.3. The number of carbonyl (C=O) groups is 1. The second-order valence-corrected chi connectivity index (χ2v) is 7.42. The zero-order valence-electron chi connectivity index (χ0n) is 16.8. The van der Waals surface area contributed by atoms with Gasteiger partial charge in [0.25, 0.3) is 5.91 Å². The van der Waals surface area contributed by atoms with Crippen molar-refractivity contribution in [1.82, 2.24) is 30.5 Å². The summed E-state index contributed by atoms with van der Waals surface area (Å²) in [5.74, 6) is -0.357. The van der Waals surface area contributed by atoms with Crippen LogP contribution in [0.3, 0.4) is 0 Å². The summed E-state index contributed by atoms with van der Waals surface area (Å²) in [6, 6.07) is 14.7. The largest absolute Gasteiger partial charge is 0.394 e. The first kappa shape index (κ1) is 19.0. The van der Waals surface area contributed by atoms with Crippen LogP contribution in [-0.2, 0) is 0 Å². The molecule has 0 aliphatic heterocycles. The molecule has 0 radical (unpaired) electrons. The van der Waals surface area contributed by atoms with Crippen molar-refractivity contribution in [2.75, 3.05) is 6.61 Å². The molecule has 0 aliphatic carbocycles. The molecule has 1 atom stereocenters. The first-order chi connectivity index (χ1) is 15.1. The summed E-state index contributed by atoms with van der Waals surface area (Å²) >= 11 is 0. The summed E-state index contributed by atoms with van der Waals surface area (Å²) in [7, 11) is 0. The van der Waals surface area contributed by atoms with E-state index in [1.165, 1.54) is 0 Å². The second-order valence-electron chi connectivity index (χ2n) is 7.42. The molecule has 8 heteroatoms. The van der Waals surface area contributed by atoms with Crippen molar-refractivity contribution < 1.29 is 9.90 Å². The minimum atomic E-state index is -0.531. The number of aryl methyl sites for hydroxylation is 1. The highest BCUT2D eigenvalue weighted by Gasteiger charge is 2.19. The van der Waals surface area contributed by atoms with Crippen molar-refractivity contribution in [2.24, 2.45) is 0 Å². The van der Waals surface area contributed by atoms with Crippen LogP contribution in [0.1, 0.15) is 27.8 Å². The Balaban J connectivity index is 1.47.